The van der Waals surface area contributed by atoms with Gasteiger partial charge in [0.1, 0.15) is 11.8 Å². The summed E-state index contributed by atoms with van der Waals surface area (Å²) in [7, 11) is 1.56. The smallest absolute Gasteiger partial charge is 0.321 e. The first-order valence-electron chi connectivity index (χ1n) is 10.9. The SMILES string of the molecule is CCOC(=O)C1C(=O)NC(N2CCN(c3ccccc3)CC2)=NC1c1ccccc1OC. The molecule has 2 aliphatic rings. The summed E-state index contributed by atoms with van der Waals surface area (Å²) >= 11 is 0. The van der Waals surface area contributed by atoms with Gasteiger partial charge >= 0.3 is 5.97 Å². The molecule has 2 atom stereocenters. The van der Waals surface area contributed by atoms with E-state index in [1.165, 1.54) is 5.69 Å². The van der Waals surface area contributed by atoms with Crippen molar-refractivity contribution in [3.63, 3.8) is 0 Å². The summed E-state index contributed by atoms with van der Waals surface area (Å²) in [6.45, 7) is 4.93. The molecular formula is C24H28N4O4. The number of nitrogens with one attached hydrogen (secondary N) is 1. The molecule has 8 nitrogen and oxygen atoms in total. The second-order valence-corrected chi connectivity index (χ2v) is 7.67. The van der Waals surface area contributed by atoms with Crippen molar-refractivity contribution in [1.29, 1.82) is 0 Å². The lowest BCUT2D eigenvalue weighted by Crippen LogP contribution is -2.57. The van der Waals surface area contributed by atoms with Gasteiger partial charge in [0.2, 0.25) is 11.9 Å². The Balaban J connectivity index is 1.60. The number of benzene rings is 2. The number of amides is 1. The first kappa shape index (κ1) is 21.7. The topological polar surface area (TPSA) is 83.5 Å². The molecule has 32 heavy (non-hydrogen) atoms. The van der Waals surface area contributed by atoms with Crippen LogP contribution in [0.3, 0.4) is 0 Å². The Morgan fingerprint density at radius 1 is 1.03 bits per heavy atom. The molecule has 4 rings (SSSR count). The summed E-state index contributed by atoms with van der Waals surface area (Å²) in [6.07, 6.45) is 0. The molecule has 2 aliphatic heterocycles. The number of carbonyl (C=O) groups excluding carboxylic acids is 2. The maximum absolute atomic E-state index is 13.1. The van der Waals surface area contributed by atoms with E-state index < -0.39 is 23.8 Å². The number of methoxy groups -OCH3 is 1. The largest absolute Gasteiger partial charge is 0.496 e. The third kappa shape index (κ3) is 4.39. The van der Waals surface area contributed by atoms with Crippen LogP contribution in [0.1, 0.15) is 18.5 Å². The lowest BCUT2D eigenvalue weighted by molar-refractivity contribution is -0.153. The van der Waals surface area contributed by atoms with Crippen LogP contribution < -0.4 is 15.0 Å². The van der Waals surface area contributed by atoms with E-state index in [-0.39, 0.29) is 6.61 Å². The standard InChI is InChI=1S/C24H28N4O4/c1-3-32-23(30)20-21(18-11-7-8-12-19(18)31-2)25-24(26-22(20)29)28-15-13-27(14-16-28)17-9-5-4-6-10-17/h4-12,20-21H,3,13-16H2,1-2H3,(H,25,26,29). The highest BCUT2D eigenvalue weighted by molar-refractivity contribution is 6.08. The van der Waals surface area contributed by atoms with Gasteiger partial charge in [-0.2, -0.15) is 0 Å². The van der Waals surface area contributed by atoms with Gasteiger partial charge in [0.25, 0.3) is 0 Å². The second-order valence-electron chi connectivity index (χ2n) is 7.67. The third-order valence-electron chi connectivity index (χ3n) is 5.79. The van der Waals surface area contributed by atoms with Crippen LogP contribution >= 0.6 is 0 Å². The van der Waals surface area contributed by atoms with Crippen molar-refractivity contribution in [3.05, 3.63) is 60.2 Å². The molecule has 2 heterocycles. The maximum atomic E-state index is 13.1. The number of rotatable bonds is 5. The Bertz CT molecular complexity index is 987. The van der Waals surface area contributed by atoms with Crippen molar-refractivity contribution in [3.8, 4) is 5.75 Å². The van der Waals surface area contributed by atoms with E-state index in [9.17, 15) is 9.59 Å². The van der Waals surface area contributed by atoms with Crippen molar-refractivity contribution < 1.29 is 19.1 Å². The van der Waals surface area contributed by atoms with Crippen LogP contribution in [-0.2, 0) is 14.3 Å². The number of piperazine rings is 1. The zero-order valence-electron chi connectivity index (χ0n) is 18.4. The molecule has 2 unspecified atom stereocenters. The molecule has 8 heteroatoms. The van der Waals surface area contributed by atoms with Gasteiger partial charge in [-0.15, -0.1) is 0 Å². The molecule has 0 aromatic heterocycles. The van der Waals surface area contributed by atoms with Crippen molar-refractivity contribution in [2.45, 2.75) is 13.0 Å². The highest BCUT2D eigenvalue weighted by Crippen LogP contribution is 2.36. The van der Waals surface area contributed by atoms with Gasteiger partial charge in [0, 0.05) is 37.4 Å². The molecule has 1 saturated heterocycles. The summed E-state index contributed by atoms with van der Waals surface area (Å²) in [5, 5.41) is 2.84. The average molecular weight is 437 g/mol. The summed E-state index contributed by atoms with van der Waals surface area (Å²) in [6, 6.07) is 16.9. The predicted octanol–water partition coefficient (Wildman–Crippen LogP) is 2.22. The normalized spacial score (nSPS) is 20.9. The molecule has 2 aromatic rings. The van der Waals surface area contributed by atoms with Crippen LogP contribution in [0.25, 0.3) is 0 Å². The Hall–Kier alpha value is -3.55. The third-order valence-corrected chi connectivity index (χ3v) is 5.79. The minimum Gasteiger partial charge on any atom is -0.496 e. The second kappa shape index (κ2) is 9.72. The van der Waals surface area contributed by atoms with Crippen LogP contribution in [0.4, 0.5) is 5.69 Å². The van der Waals surface area contributed by atoms with E-state index in [0.29, 0.717) is 30.4 Å². The number of hydrogen-bond acceptors (Lipinski definition) is 7. The fraction of sp³-hybridized carbons (Fsp3) is 0.375. The van der Waals surface area contributed by atoms with Crippen LogP contribution in [-0.4, -0.2) is 62.6 Å². The van der Waals surface area contributed by atoms with Gasteiger partial charge < -0.3 is 19.3 Å². The Kier molecular flexibility index (Phi) is 6.58. The monoisotopic (exact) mass is 436 g/mol. The zero-order valence-corrected chi connectivity index (χ0v) is 18.4. The minimum absolute atomic E-state index is 0.194. The van der Waals surface area contributed by atoms with E-state index in [2.05, 4.69) is 27.2 Å². The number of guanidine groups is 1. The van der Waals surface area contributed by atoms with Crippen LogP contribution in [0.15, 0.2) is 59.6 Å². The van der Waals surface area contributed by atoms with E-state index >= 15 is 0 Å². The fourth-order valence-electron chi connectivity index (χ4n) is 4.17. The van der Waals surface area contributed by atoms with Gasteiger partial charge in [0.05, 0.1) is 13.7 Å². The summed E-state index contributed by atoms with van der Waals surface area (Å²) in [5.74, 6) is -0.995. The van der Waals surface area contributed by atoms with Crippen molar-refractivity contribution >= 4 is 23.5 Å². The molecule has 2 aromatic carbocycles. The van der Waals surface area contributed by atoms with Crippen molar-refractivity contribution in [2.24, 2.45) is 10.9 Å². The predicted molar refractivity (Wildman–Crippen MR) is 122 cm³/mol. The van der Waals surface area contributed by atoms with E-state index in [0.717, 1.165) is 13.1 Å². The Morgan fingerprint density at radius 3 is 2.38 bits per heavy atom. The quantitative estimate of drug-likeness (QED) is 0.572. The number of aliphatic imine (C=N–C) groups is 1. The van der Waals surface area contributed by atoms with Crippen molar-refractivity contribution in [1.82, 2.24) is 10.2 Å². The molecule has 0 spiro atoms. The maximum Gasteiger partial charge on any atom is 0.321 e. The summed E-state index contributed by atoms with van der Waals surface area (Å²) < 4.78 is 10.7. The number of anilines is 1. The Labute approximate surface area is 187 Å². The lowest BCUT2D eigenvalue weighted by Gasteiger charge is -2.39. The van der Waals surface area contributed by atoms with Gasteiger partial charge in [-0.25, -0.2) is 4.99 Å². The van der Waals surface area contributed by atoms with Gasteiger partial charge in [0.15, 0.2) is 5.92 Å². The molecule has 1 N–H and O–H groups in total. The highest BCUT2D eigenvalue weighted by Gasteiger charge is 2.43. The molecule has 0 saturated carbocycles. The number of para-hydroxylation sites is 2. The molecule has 168 valence electrons. The summed E-state index contributed by atoms with van der Waals surface area (Å²) in [4.78, 5) is 34.9. The molecule has 1 amide bonds. The highest BCUT2D eigenvalue weighted by atomic mass is 16.5. The van der Waals surface area contributed by atoms with E-state index in [4.69, 9.17) is 14.5 Å². The summed E-state index contributed by atoms with van der Waals surface area (Å²) in [5.41, 5.74) is 1.86. The number of nitrogens with zero attached hydrogens (tertiary/aromatic N) is 3. The number of esters is 1. The van der Waals surface area contributed by atoms with Crippen LogP contribution in [0, 0.1) is 5.92 Å². The first-order valence-corrected chi connectivity index (χ1v) is 10.9. The number of carbonyl (C=O) groups is 2. The lowest BCUT2D eigenvalue weighted by atomic mass is 9.90. The Morgan fingerprint density at radius 2 is 1.69 bits per heavy atom. The average Bonchev–Trinajstić information content (AvgIpc) is 2.84. The zero-order chi connectivity index (χ0) is 22.5. The molecular weight excluding hydrogens is 408 g/mol. The van der Waals surface area contributed by atoms with E-state index in [1.54, 1.807) is 20.1 Å². The van der Waals surface area contributed by atoms with Crippen molar-refractivity contribution in [2.75, 3.05) is 44.8 Å². The number of hydrogen-bond donors (Lipinski definition) is 1. The molecule has 0 aliphatic carbocycles. The van der Waals surface area contributed by atoms with Gasteiger partial charge in [-0.3, -0.25) is 14.9 Å². The van der Waals surface area contributed by atoms with Crippen LogP contribution in [0.2, 0.25) is 0 Å². The fourth-order valence-corrected chi connectivity index (χ4v) is 4.17. The van der Waals surface area contributed by atoms with Gasteiger partial charge in [-0.05, 0) is 25.1 Å². The first-order chi connectivity index (χ1) is 15.6. The molecule has 0 radical (unpaired) electrons. The van der Waals surface area contributed by atoms with Gasteiger partial charge in [-0.1, -0.05) is 36.4 Å². The molecule has 1 fully saturated rings. The number of ether oxygens (including phenoxy) is 2. The van der Waals surface area contributed by atoms with Crippen LogP contribution in [0.5, 0.6) is 5.75 Å². The molecule has 0 bridgehead atoms. The minimum atomic E-state index is -1.07. The van der Waals surface area contributed by atoms with E-state index in [1.807, 2.05) is 36.4 Å².